The molecule has 0 aromatic rings. The standard InChI is InChI=1S/C15H26O3/c1-5-8-17-15(16)10-18-14-9-12(4)6-7-13(14)11(2)3/h5,8,11-14H,6-7,9-10H2,1-4H3. The molecule has 0 saturated heterocycles. The van der Waals surface area contributed by atoms with Gasteiger partial charge < -0.3 is 9.47 Å². The maximum atomic E-state index is 11.4. The molecule has 0 bridgehead atoms. The molecule has 1 aliphatic carbocycles. The summed E-state index contributed by atoms with van der Waals surface area (Å²) in [6.45, 7) is 8.59. The van der Waals surface area contributed by atoms with E-state index in [9.17, 15) is 4.79 Å². The zero-order valence-electron chi connectivity index (χ0n) is 12.0. The molecule has 18 heavy (non-hydrogen) atoms. The Morgan fingerprint density at radius 3 is 2.72 bits per heavy atom. The van der Waals surface area contributed by atoms with E-state index >= 15 is 0 Å². The first-order chi connectivity index (χ1) is 8.54. The number of hydrogen-bond acceptors (Lipinski definition) is 3. The molecule has 3 heteroatoms. The van der Waals surface area contributed by atoms with Crippen molar-refractivity contribution in [2.45, 2.75) is 53.1 Å². The van der Waals surface area contributed by atoms with Gasteiger partial charge >= 0.3 is 5.97 Å². The summed E-state index contributed by atoms with van der Waals surface area (Å²) >= 11 is 0. The Balaban J connectivity index is 2.43. The summed E-state index contributed by atoms with van der Waals surface area (Å²) in [5.74, 6) is 1.55. The summed E-state index contributed by atoms with van der Waals surface area (Å²) in [5, 5.41) is 0. The van der Waals surface area contributed by atoms with Crippen molar-refractivity contribution in [3.63, 3.8) is 0 Å². The van der Waals surface area contributed by atoms with E-state index in [2.05, 4.69) is 20.8 Å². The molecule has 3 atom stereocenters. The Labute approximate surface area is 111 Å². The quantitative estimate of drug-likeness (QED) is 0.556. The Morgan fingerprint density at radius 1 is 1.39 bits per heavy atom. The van der Waals surface area contributed by atoms with Gasteiger partial charge in [0.05, 0.1) is 12.4 Å². The number of ether oxygens (including phenoxy) is 2. The summed E-state index contributed by atoms with van der Waals surface area (Å²) < 4.78 is 10.6. The van der Waals surface area contributed by atoms with Crippen LogP contribution in [-0.4, -0.2) is 18.7 Å². The van der Waals surface area contributed by atoms with Gasteiger partial charge in [-0.2, -0.15) is 0 Å². The topological polar surface area (TPSA) is 35.5 Å². The Kier molecular flexibility index (Phi) is 6.41. The van der Waals surface area contributed by atoms with Gasteiger partial charge in [0.2, 0.25) is 0 Å². The lowest BCUT2D eigenvalue weighted by molar-refractivity contribution is -0.148. The molecule has 0 radical (unpaired) electrons. The smallest absolute Gasteiger partial charge is 0.336 e. The van der Waals surface area contributed by atoms with E-state index in [4.69, 9.17) is 9.47 Å². The van der Waals surface area contributed by atoms with Crippen LogP contribution in [0.5, 0.6) is 0 Å². The van der Waals surface area contributed by atoms with Crippen LogP contribution in [0.1, 0.15) is 47.0 Å². The van der Waals surface area contributed by atoms with Crippen LogP contribution in [-0.2, 0) is 14.3 Å². The number of hydrogen-bond donors (Lipinski definition) is 0. The van der Waals surface area contributed by atoms with Crippen molar-refractivity contribution in [3.05, 3.63) is 12.3 Å². The first-order valence-corrected chi connectivity index (χ1v) is 6.96. The molecule has 0 aliphatic heterocycles. The molecule has 1 saturated carbocycles. The number of carbonyl (C=O) groups is 1. The van der Waals surface area contributed by atoms with Gasteiger partial charge in [-0.25, -0.2) is 4.79 Å². The largest absolute Gasteiger partial charge is 0.433 e. The summed E-state index contributed by atoms with van der Waals surface area (Å²) in [6, 6.07) is 0. The highest BCUT2D eigenvalue weighted by atomic mass is 16.6. The van der Waals surface area contributed by atoms with Crippen LogP contribution in [0.15, 0.2) is 12.3 Å². The number of esters is 1. The maximum absolute atomic E-state index is 11.4. The van der Waals surface area contributed by atoms with Gasteiger partial charge in [-0.15, -0.1) is 0 Å². The highest BCUT2D eigenvalue weighted by molar-refractivity contribution is 5.71. The lowest BCUT2D eigenvalue weighted by atomic mass is 9.75. The van der Waals surface area contributed by atoms with Crippen LogP contribution < -0.4 is 0 Å². The third-order valence-corrected chi connectivity index (χ3v) is 3.71. The van der Waals surface area contributed by atoms with Crippen LogP contribution in [0.4, 0.5) is 0 Å². The molecular weight excluding hydrogens is 228 g/mol. The highest BCUT2D eigenvalue weighted by Crippen LogP contribution is 2.35. The van der Waals surface area contributed by atoms with Crippen molar-refractivity contribution in [3.8, 4) is 0 Å². The second-order valence-corrected chi connectivity index (χ2v) is 5.63. The van der Waals surface area contributed by atoms with E-state index in [-0.39, 0.29) is 18.7 Å². The second-order valence-electron chi connectivity index (χ2n) is 5.63. The molecule has 0 N–H and O–H groups in total. The van der Waals surface area contributed by atoms with Gasteiger partial charge in [0, 0.05) is 0 Å². The molecule has 0 spiro atoms. The van der Waals surface area contributed by atoms with E-state index in [1.807, 2.05) is 6.92 Å². The maximum Gasteiger partial charge on any atom is 0.336 e. The average Bonchev–Trinajstić information content (AvgIpc) is 2.33. The van der Waals surface area contributed by atoms with E-state index in [1.54, 1.807) is 6.08 Å². The van der Waals surface area contributed by atoms with Crippen LogP contribution >= 0.6 is 0 Å². The summed E-state index contributed by atoms with van der Waals surface area (Å²) in [7, 11) is 0. The van der Waals surface area contributed by atoms with Gasteiger partial charge in [-0.1, -0.05) is 33.3 Å². The highest BCUT2D eigenvalue weighted by Gasteiger charge is 2.31. The van der Waals surface area contributed by atoms with Crippen molar-refractivity contribution in [2.75, 3.05) is 6.61 Å². The Bertz CT molecular complexity index is 283. The van der Waals surface area contributed by atoms with Crippen molar-refractivity contribution in [1.82, 2.24) is 0 Å². The minimum absolute atomic E-state index is 0.0605. The van der Waals surface area contributed by atoms with Crippen LogP contribution in [0.3, 0.4) is 0 Å². The molecule has 1 aliphatic rings. The van der Waals surface area contributed by atoms with Gasteiger partial charge in [0.25, 0.3) is 0 Å². The Hall–Kier alpha value is -0.830. The first-order valence-electron chi connectivity index (χ1n) is 6.96. The predicted molar refractivity (Wildman–Crippen MR) is 72.0 cm³/mol. The fourth-order valence-corrected chi connectivity index (χ4v) is 2.66. The third-order valence-electron chi connectivity index (χ3n) is 3.71. The molecule has 104 valence electrons. The number of allylic oxidation sites excluding steroid dienone is 1. The van der Waals surface area contributed by atoms with Crippen LogP contribution in [0.25, 0.3) is 0 Å². The molecule has 0 heterocycles. The van der Waals surface area contributed by atoms with Crippen molar-refractivity contribution >= 4 is 5.97 Å². The van der Waals surface area contributed by atoms with E-state index in [1.165, 1.54) is 19.1 Å². The molecule has 1 rings (SSSR count). The van der Waals surface area contributed by atoms with Crippen LogP contribution in [0, 0.1) is 17.8 Å². The van der Waals surface area contributed by atoms with Gasteiger partial charge in [-0.05, 0) is 37.5 Å². The molecule has 3 nitrogen and oxygen atoms in total. The number of carbonyl (C=O) groups excluding carboxylic acids is 1. The Morgan fingerprint density at radius 2 is 2.11 bits per heavy atom. The zero-order valence-corrected chi connectivity index (χ0v) is 12.0. The normalized spacial score (nSPS) is 28.8. The lowest BCUT2D eigenvalue weighted by Crippen LogP contribution is -2.35. The molecule has 1 fully saturated rings. The molecule has 0 aromatic carbocycles. The van der Waals surface area contributed by atoms with Gasteiger partial charge in [-0.3, -0.25) is 0 Å². The first kappa shape index (κ1) is 15.2. The second kappa shape index (κ2) is 7.57. The fraction of sp³-hybridized carbons (Fsp3) is 0.800. The van der Waals surface area contributed by atoms with Crippen LogP contribution in [0.2, 0.25) is 0 Å². The predicted octanol–water partition coefficient (Wildman–Crippen LogP) is 3.54. The van der Waals surface area contributed by atoms with E-state index < -0.39 is 0 Å². The third kappa shape index (κ3) is 4.81. The minimum Gasteiger partial charge on any atom is -0.433 e. The SMILES string of the molecule is CC=COC(=O)COC1CC(C)CCC1C(C)C. The molecule has 0 amide bonds. The van der Waals surface area contributed by atoms with Gasteiger partial charge in [0.15, 0.2) is 0 Å². The van der Waals surface area contributed by atoms with E-state index in [0.717, 1.165) is 6.42 Å². The number of rotatable bonds is 5. The zero-order chi connectivity index (χ0) is 13.5. The molecule has 3 unspecified atom stereocenters. The fourth-order valence-electron chi connectivity index (χ4n) is 2.66. The summed E-state index contributed by atoms with van der Waals surface area (Å²) in [6.07, 6.45) is 6.82. The average molecular weight is 254 g/mol. The van der Waals surface area contributed by atoms with Crippen molar-refractivity contribution in [2.24, 2.45) is 17.8 Å². The lowest BCUT2D eigenvalue weighted by Gasteiger charge is -2.36. The molecular formula is C15H26O3. The van der Waals surface area contributed by atoms with E-state index in [0.29, 0.717) is 17.8 Å². The summed E-state index contributed by atoms with van der Waals surface area (Å²) in [5.41, 5.74) is 0. The minimum atomic E-state index is -0.311. The van der Waals surface area contributed by atoms with Crippen molar-refractivity contribution < 1.29 is 14.3 Å². The molecule has 0 aromatic heterocycles. The monoisotopic (exact) mass is 254 g/mol. The van der Waals surface area contributed by atoms with Crippen molar-refractivity contribution in [1.29, 1.82) is 0 Å². The summed E-state index contributed by atoms with van der Waals surface area (Å²) in [4.78, 5) is 11.4. The van der Waals surface area contributed by atoms with Gasteiger partial charge in [0.1, 0.15) is 6.61 Å².